The summed E-state index contributed by atoms with van der Waals surface area (Å²) in [6.45, 7) is 0. The van der Waals surface area contributed by atoms with Crippen molar-refractivity contribution in [3.8, 4) is 90.0 Å². The molecule has 0 saturated heterocycles. The van der Waals surface area contributed by atoms with Gasteiger partial charge in [-0.25, -0.2) is 15.0 Å². The second kappa shape index (κ2) is 20.1. The van der Waals surface area contributed by atoms with E-state index in [1.54, 1.807) is 0 Å². The molecule has 0 aliphatic carbocycles. The van der Waals surface area contributed by atoms with Gasteiger partial charge in [-0.3, -0.25) is 0 Å². The molecule has 0 aliphatic heterocycles. The van der Waals surface area contributed by atoms with E-state index in [1.165, 1.54) is 59.8 Å². The van der Waals surface area contributed by atoms with Crippen LogP contribution in [-0.4, -0.2) is 24.1 Å². The summed E-state index contributed by atoms with van der Waals surface area (Å²) in [4.78, 5) is 16.6. The van der Waals surface area contributed by atoms with Gasteiger partial charge in [0, 0.05) is 43.9 Å². The first kappa shape index (κ1) is 49.1. The van der Waals surface area contributed by atoms with Crippen LogP contribution in [0.25, 0.3) is 166 Å². The fourth-order valence-electron chi connectivity index (χ4n) is 13.4. The maximum absolute atomic E-state index is 5.61. The Bertz CT molecular complexity index is 5480. The molecule has 0 atom stereocenters. The van der Waals surface area contributed by atoms with E-state index in [4.69, 9.17) is 15.0 Å². The summed E-state index contributed by atoms with van der Waals surface area (Å²) in [6.07, 6.45) is 0. The molecule has 3 heterocycles. The van der Waals surface area contributed by atoms with Gasteiger partial charge in [0.25, 0.3) is 0 Å². The number of fused-ring (bicyclic) bond motifs is 12. The molecule has 0 radical (unpaired) electrons. The van der Waals surface area contributed by atoms with Crippen LogP contribution >= 0.6 is 0 Å². The van der Waals surface area contributed by atoms with Crippen LogP contribution < -0.4 is 0 Å². The van der Waals surface area contributed by atoms with Gasteiger partial charge in [0.2, 0.25) is 0 Å². The number of para-hydroxylation sites is 2. The first-order valence-corrected chi connectivity index (χ1v) is 29.3. The van der Waals surface area contributed by atoms with E-state index in [0.717, 1.165) is 88.7 Å². The molecule has 0 bridgehead atoms. The van der Waals surface area contributed by atoms with Crippen molar-refractivity contribution >= 4 is 75.9 Å². The van der Waals surface area contributed by atoms with E-state index in [2.05, 4.69) is 319 Å². The fourth-order valence-corrected chi connectivity index (χ4v) is 13.4. The van der Waals surface area contributed by atoms with E-state index >= 15 is 0 Å². The zero-order valence-corrected chi connectivity index (χ0v) is 46.7. The Morgan fingerprint density at radius 1 is 0.198 bits per heavy atom. The van der Waals surface area contributed by atoms with Crippen molar-refractivity contribution < 1.29 is 0 Å². The molecule has 0 spiro atoms. The van der Waals surface area contributed by atoms with Gasteiger partial charge in [-0.1, -0.05) is 249 Å². The Morgan fingerprint density at radius 3 is 1.21 bits per heavy atom. The van der Waals surface area contributed by atoms with Crippen LogP contribution in [0.4, 0.5) is 0 Å². The molecule has 400 valence electrons. The molecular weight excluding hydrogens is 1040 g/mol. The highest BCUT2D eigenvalue weighted by molar-refractivity contribution is 6.26. The average molecular weight is 1090 g/mol. The van der Waals surface area contributed by atoms with Crippen molar-refractivity contribution in [2.45, 2.75) is 0 Å². The molecule has 0 fully saturated rings. The quantitative estimate of drug-likeness (QED) is 0.135. The van der Waals surface area contributed by atoms with Crippen molar-refractivity contribution in [1.29, 1.82) is 0 Å². The molecule has 17 aromatic rings. The molecule has 17 rings (SSSR count). The Labute approximate surface area is 496 Å². The van der Waals surface area contributed by atoms with Gasteiger partial charge in [-0.2, -0.15) is 0 Å². The first-order valence-electron chi connectivity index (χ1n) is 29.3. The number of benzene rings is 14. The van der Waals surface area contributed by atoms with E-state index in [-0.39, 0.29) is 0 Å². The molecule has 5 heteroatoms. The molecule has 0 aliphatic rings. The molecule has 3 aromatic heterocycles. The maximum Gasteiger partial charge on any atom is 0.166 e. The van der Waals surface area contributed by atoms with Crippen molar-refractivity contribution in [3.05, 3.63) is 309 Å². The summed E-state index contributed by atoms with van der Waals surface area (Å²) in [6, 6.07) is 112. The van der Waals surface area contributed by atoms with E-state index in [1.807, 2.05) is 0 Å². The van der Waals surface area contributed by atoms with Gasteiger partial charge < -0.3 is 9.13 Å². The minimum Gasteiger partial charge on any atom is -0.309 e. The van der Waals surface area contributed by atoms with Gasteiger partial charge >= 0.3 is 0 Å². The first-order chi connectivity index (χ1) is 42.7. The SMILES string of the molecule is c1ccc(-c2cccc(-c3nc(-c4ccc5c6ccccc6c6ccccc6c5c4)nc(-c4ccc(-c5ccccc5)cc4-n4c5ccccc5c5c(-c6cccc7c6c6ccc(-c8ccccc8)cc6n7-c6ccccc6)cccc54)n3)c2)cc1. The van der Waals surface area contributed by atoms with E-state index in [9.17, 15) is 0 Å². The predicted octanol–water partition coefficient (Wildman–Crippen LogP) is 21.2. The Morgan fingerprint density at radius 2 is 0.593 bits per heavy atom. The van der Waals surface area contributed by atoms with Crippen LogP contribution in [0.3, 0.4) is 0 Å². The molecule has 0 amide bonds. The van der Waals surface area contributed by atoms with Crippen LogP contribution in [0.1, 0.15) is 0 Å². The molecule has 0 N–H and O–H groups in total. The number of hydrogen-bond donors (Lipinski definition) is 0. The highest BCUT2D eigenvalue weighted by Crippen LogP contribution is 2.47. The monoisotopic (exact) mass is 1090 g/mol. The molecular formula is C81H51N5. The lowest BCUT2D eigenvalue weighted by atomic mass is 9.93. The van der Waals surface area contributed by atoms with Crippen molar-refractivity contribution in [2.75, 3.05) is 0 Å². The Kier molecular flexibility index (Phi) is 11.5. The number of nitrogens with zero attached hydrogens (tertiary/aromatic N) is 5. The molecule has 5 nitrogen and oxygen atoms in total. The number of hydrogen-bond acceptors (Lipinski definition) is 3. The maximum atomic E-state index is 5.61. The van der Waals surface area contributed by atoms with E-state index < -0.39 is 0 Å². The number of aromatic nitrogens is 5. The summed E-state index contributed by atoms with van der Waals surface area (Å²) >= 11 is 0. The lowest BCUT2D eigenvalue weighted by molar-refractivity contribution is 1.07. The van der Waals surface area contributed by atoms with Crippen LogP contribution in [0.15, 0.2) is 309 Å². The second-order valence-electron chi connectivity index (χ2n) is 22.2. The van der Waals surface area contributed by atoms with Gasteiger partial charge in [0.05, 0.1) is 27.8 Å². The summed E-state index contributed by atoms with van der Waals surface area (Å²) in [5, 5.41) is 11.9. The molecule has 86 heavy (non-hydrogen) atoms. The average Bonchev–Trinajstić information content (AvgIpc) is 2.03. The third kappa shape index (κ3) is 8.05. The zero-order chi connectivity index (χ0) is 56.7. The smallest absolute Gasteiger partial charge is 0.166 e. The zero-order valence-electron chi connectivity index (χ0n) is 46.7. The van der Waals surface area contributed by atoms with Crippen molar-refractivity contribution in [3.63, 3.8) is 0 Å². The second-order valence-corrected chi connectivity index (χ2v) is 22.2. The standard InChI is InChI=1S/C81H51N5/c1-5-22-52(23-6-1)55-28-19-29-58(48-55)79-82-80(59-44-45-65-63-34-14-13-32-61(63)62-33-15-16-35-64(62)71(65)49-59)84-81(83-79)70-47-43-57(54-26-9-3-10-27-54)51-76(70)86-72-39-18-17-36-68(72)77-66(38-21-41-74(77)86)67-37-20-40-73-78(67)69-46-42-56(53-24-7-2-8-25-53)50-75(69)85(73)60-30-11-4-12-31-60/h1-51H. The molecule has 0 unspecified atom stereocenters. The van der Waals surface area contributed by atoms with Crippen molar-refractivity contribution in [2.24, 2.45) is 0 Å². The normalized spacial score (nSPS) is 11.7. The van der Waals surface area contributed by atoms with Crippen LogP contribution in [0, 0.1) is 0 Å². The summed E-state index contributed by atoms with van der Waals surface area (Å²) in [5.41, 5.74) is 18.3. The fraction of sp³-hybridized carbons (Fsp3) is 0. The number of rotatable bonds is 9. The third-order valence-electron chi connectivity index (χ3n) is 17.4. The highest BCUT2D eigenvalue weighted by atomic mass is 15.1. The Balaban J connectivity index is 0.922. The van der Waals surface area contributed by atoms with Gasteiger partial charge in [0.15, 0.2) is 17.5 Å². The van der Waals surface area contributed by atoms with Crippen LogP contribution in [-0.2, 0) is 0 Å². The van der Waals surface area contributed by atoms with Gasteiger partial charge in [0.1, 0.15) is 0 Å². The molecule has 0 saturated carbocycles. The minimum absolute atomic E-state index is 0.573. The van der Waals surface area contributed by atoms with Crippen LogP contribution in [0.5, 0.6) is 0 Å². The van der Waals surface area contributed by atoms with Crippen LogP contribution in [0.2, 0.25) is 0 Å². The summed E-state index contributed by atoms with van der Waals surface area (Å²) < 4.78 is 4.88. The summed E-state index contributed by atoms with van der Waals surface area (Å²) in [5.74, 6) is 1.76. The van der Waals surface area contributed by atoms with Gasteiger partial charge in [-0.15, -0.1) is 0 Å². The summed E-state index contributed by atoms with van der Waals surface area (Å²) in [7, 11) is 0. The third-order valence-corrected chi connectivity index (χ3v) is 17.4. The largest absolute Gasteiger partial charge is 0.309 e. The minimum atomic E-state index is 0.573. The lowest BCUT2D eigenvalue weighted by Crippen LogP contribution is -2.04. The predicted molar refractivity (Wildman–Crippen MR) is 359 cm³/mol. The topological polar surface area (TPSA) is 48.5 Å². The Hall–Kier alpha value is -11.5. The van der Waals surface area contributed by atoms with Gasteiger partial charge in [-0.05, 0) is 137 Å². The molecule has 14 aromatic carbocycles. The van der Waals surface area contributed by atoms with E-state index in [0.29, 0.717) is 17.5 Å². The lowest BCUT2D eigenvalue weighted by Gasteiger charge is -2.17. The van der Waals surface area contributed by atoms with Crippen molar-refractivity contribution in [1.82, 2.24) is 24.1 Å². The highest BCUT2D eigenvalue weighted by Gasteiger charge is 2.25.